The van der Waals surface area contributed by atoms with E-state index in [0.717, 1.165) is 11.8 Å². The van der Waals surface area contributed by atoms with Crippen LogP contribution in [0.15, 0.2) is 24.3 Å². The average molecular weight is 203 g/mol. The molecule has 0 aliphatic heterocycles. The van der Waals surface area contributed by atoms with E-state index in [1.54, 1.807) is 6.07 Å². The first kappa shape index (κ1) is 10.2. The van der Waals surface area contributed by atoms with Crippen LogP contribution < -0.4 is 5.73 Å². The Kier molecular flexibility index (Phi) is 2.51. The minimum absolute atomic E-state index is 0.335. The van der Waals surface area contributed by atoms with Gasteiger partial charge in [0.1, 0.15) is 0 Å². The van der Waals surface area contributed by atoms with Gasteiger partial charge in [0.05, 0.1) is 0 Å². The molecule has 0 unspecified atom stereocenters. The largest absolute Gasteiger partial charge is 0.366 e. The highest BCUT2D eigenvalue weighted by atomic mass is 16.1. The van der Waals surface area contributed by atoms with E-state index in [4.69, 9.17) is 5.73 Å². The lowest BCUT2D eigenvalue weighted by molar-refractivity contribution is 0.1000. The van der Waals surface area contributed by atoms with Crippen LogP contribution >= 0.6 is 0 Å². The summed E-state index contributed by atoms with van der Waals surface area (Å²) in [5, 5.41) is 0. The number of carbonyl (C=O) groups excluding carboxylic acids is 1. The molecule has 0 saturated heterocycles. The van der Waals surface area contributed by atoms with E-state index in [1.165, 1.54) is 12.0 Å². The minimum atomic E-state index is -0.335. The number of hydrogen-bond acceptors (Lipinski definition) is 1. The smallest absolute Gasteiger partial charge is 0.248 e. The Morgan fingerprint density at radius 2 is 2.20 bits per heavy atom. The first-order valence-corrected chi connectivity index (χ1v) is 5.49. The summed E-state index contributed by atoms with van der Waals surface area (Å²) in [7, 11) is 0. The molecule has 1 aromatic carbocycles. The molecule has 0 spiro atoms. The third-order valence-corrected chi connectivity index (χ3v) is 3.30. The van der Waals surface area contributed by atoms with Gasteiger partial charge in [-0.05, 0) is 41.9 Å². The van der Waals surface area contributed by atoms with Crippen molar-refractivity contribution in [3.8, 4) is 0 Å². The molecule has 2 rings (SSSR count). The van der Waals surface area contributed by atoms with Crippen LogP contribution in [0.25, 0.3) is 0 Å². The second-order valence-corrected chi connectivity index (χ2v) is 4.74. The molecular formula is C13H17NO. The SMILES string of the molecule is CC(C)[C@H]1C[C@@H]1c1cccc(C(N)=O)c1. The van der Waals surface area contributed by atoms with Crippen molar-refractivity contribution in [2.75, 3.05) is 0 Å². The molecule has 1 fully saturated rings. The maximum absolute atomic E-state index is 11.0. The van der Waals surface area contributed by atoms with Crippen molar-refractivity contribution in [1.29, 1.82) is 0 Å². The van der Waals surface area contributed by atoms with Gasteiger partial charge in [-0.15, -0.1) is 0 Å². The number of rotatable bonds is 3. The van der Waals surface area contributed by atoms with Gasteiger partial charge < -0.3 is 5.73 Å². The number of carbonyl (C=O) groups is 1. The molecule has 15 heavy (non-hydrogen) atoms. The Morgan fingerprint density at radius 1 is 1.47 bits per heavy atom. The van der Waals surface area contributed by atoms with Gasteiger partial charge >= 0.3 is 0 Å². The van der Waals surface area contributed by atoms with Crippen molar-refractivity contribution < 1.29 is 4.79 Å². The molecule has 1 aromatic rings. The molecule has 1 aliphatic carbocycles. The van der Waals surface area contributed by atoms with Crippen LogP contribution in [0.1, 0.15) is 42.1 Å². The van der Waals surface area contributed by atoms with Gasteiger partial charge in [0, 0.05) is 5.56 Å². The molecule has 0 aromatic heterocycles. The first-order valence-electron chi connectivity index (χ1n) is 5.49. The summed E-state index contributed by atoms with van der Waals surface area (Å²) in [5.74, 6) is 1.82. The predicted octanol–water partition coefficient (Wildman–Crippen LogP) is 2.54. The monoisotopic (exact) mass is 203 g/mol. The van der Waals surface area contributed by atoms with Crippen LogP contribution in [-0.4, -0.2) is 5.91 Å². The van der Waals surface area contributed by atoms with Gasteiger partial charge in [-0.3, -0.25) is 4.79 Å². The molecule has 1 saturated carbocycles. The summed E-state index contributed by atoms with van der Waals surface area (Å²) in [4.78, 5) is 11.0. The second kappa shape index (κ2) is 3.69. The summed E-state index contributed by atoms with van der Waals surface area (Å²) in [6.45, 7) is 4.51. The minimum Gasteiger partial charge on any atom is -0.366 e. The summed E-state index contributed by atoms with van der Waals surface area (Å²) < 4.78 is 0. The second-order valence-electron chi connectivity index (χ2n) is 4.74. The molecule has 1 aliphatic rings. The molecule has 0 heterocycles. The van der Waals surface area contributed by atoms with E-state index >= 15 is 0 Å². The van der Waals surface area contributed by atoms with Gasteiger partial charge in [-0.1, -0.05) is 26.0 Å². The lowest BCUT2D eigenvalue weighted by Crippen LogP contribution is -2.10. The van der Waals surface area contributed by atoms with E-state index in [9.17, 15) is 4.79 Å². The Labute approximate surface area is 90.5 Å². The summed E-state index contributed by atoms with van der Waals surface area (Å²) in [6, 6.07) is 7.73. The Hall–Kier alpha value is -1.31. The van der Waals surface area contributed by atoms with Crippen molar-refractivity contribution >= 4 is 5.91 Å². The van der Waals surface area contributed by atoms with Crippen molar-refractivity contribution in [2.45, 2.75) is 26.2 Å². The molecule has 2 N–H and O–H groups in total. The van der Waals surface area contributed by atoms with E-state index in [2.05, 4.69) is 19.9 Å². The zero-order valence-corrected chi connectivity index (χ0v) is 9.23. The third kappa shape index (κ3) is 2.04. The Balaban J connectivity index is 2.17. The van der Waals surface area contributed by atoms with Crippen molar-refractivity contribution in [3.63, 3.8) is 0 Å². The molecule has 0 radical (unpaired) electrons. The number of amides is 1. The van der Waals surface area contributed by atoms with Gasteiger partial charge in [0.25, 0.3) is 0 Å². The van der Waals surface area contributed by atoms with Crippen molar-refractivity contribution in [3.05, 3.63) is 35.4 Å². The zero-order chi connectivity index (χ0) is 11.0. The zero-order valence-electron chi connectivity index (χ0n) is 9.23. The van der Waals surface area contributed by atoms with Crippen LogP contribution in [0.5, 0.6) is 0 Å². The molecule has 80 valence electrons. The maximum Gasteiger partial charge on any atom is 0.248 e. The van der Waals surface area contributed by atoms with Crippen LogP contribution in [0.2, 0.25) is 0 Å². The Morgan fingerprint density at radius 3 is 2.73 bits per heavy atom. The standard InChI is InChI=1S/C13H17NO/c1-8(2)11-7-12(11)9-4-3-5-10(6-9)13(14)15/h3-6,8,11-12H,7H2,1-2H3,(H2,14,15)/t11-,12-/m1/s1. The van der Waals surface area contributed by atoms with Crippen LogP contribution in [0.4, 0.5) is 0 Å². The average Bonchev–Trinajstić information content (AvgIpc) is 2.97. The van der Waals surface area contributed by atoms with Crippen LogP contribution in [0.3, 0.4) is 0 Å². The lowest BCUT2D eigenvalue weighted by atomic mass is 10.0. The fourth-order valence-electron chi connectivity index (χ4n) is 2.26. The van der Waals surface area contributed by atoms with E-state index in [1.807, 2.05) is 12.1 Å². The van der Waals surface area contributed by atoms with Gasteiger partial charge in [-0.25, -0.2) is 0 Å². The van der Waals surface area contributed by atoms with E-state index in [-0.39, 0.29) is 5.91 Å². The fourth-order valence-corrected chi connectivity index (χ4v) is 2.26. The van der Waals surface area contributed by atoms with Gasteiger partial charge in [0.2, 0.25) is 5.91 Å². The molecule has 2 atom stereocenters. The normalized spacial score (nSPS) is 24.2. The van der Waals surface area contributed by atoms with Gasteiger partial charge in [-0.2, -0.15) is 0 Å². The van der Waals surface area contributed by atoms with E-state index in [0.29, 0.717) is 11.5 Å². The molecule has 2 heteroatoms. The maximum atomic E-state index is 11.0. The van der Waals surface area contributed by atoms with Crippen LogP contribution in [-0.2, 0) is 0 Å². The Bertz CT molecular complexity index is 384. The first-order chi connectivity index (χ1) is 7.09. The van der Waals surface area contributed by atoms with E-state index < -0.39 is 0 Å². The van der Waals surface area contributed by atoms with Gasteiger partial charge in [0.15, 0.2) is 0 Å². The summed E-state index contributed by atoms with van der Waals surface area (Å²) >= 11 is 0. The predicted molar refractivity (Wildman–Crippen MR) is 60.6 cm³/mol. The highest BCUT2D eigenvalue weighted by Gasteiger charge is 2.40. The molecule has 0 bridgehead atoms. The highest BCUT2D eigenvalue weighted by molar-refractivity contribution is 5.92. The van der Waals surface area contributed by atoms with Crippen molar-refractivity contribution in [2.24, 2.45) is 17.6 Å². The van der Waals surface area contributed by atoms with Crippen LogP contribution in [0, 0.1) is 11.8 Å². The third-order valence-electron chi connectivity index (χ3n) is 3.30. The van der Waals surface area contributed by atoms with Crippen molar-refractivity contribution in [1.82, 2.24) is 0 Å². The summed E-state index contributed by atoms with van der Waals surface area (Å²) in [6.07, 6.45) is 1.25. The molecule has 2 nitrogen and oxygen atoms in total. The fraction of sp³-hybridized carbons (Fsp3) is 0.462. The molecular weight excluding hydrogens is 186 g/mol. The molecule has 1 amide bonds. The number of nitrogens with two attached hydrogens (primary N) is 1. The number of hydrogen-bond donors (Lipinski definition) is 1. The number of primary amides is 1. The number of benzene rings is 1. The summed E-state index contributed by atoms with van der Waals surface area (Å²) in [5.41, 5.74) is 7.15. The highest BCUT2D eigenvalue weighted by Crippen LogP contribution is 2.51. The quantitative estimate of drug-likeness (QED) is 0.806. The topological polar surface area (TPSA) is 43.1 Å². The lowest BCUT2D eigenvalue weighted by Gasteiger charge is -2.04.